The van der Waals surface area contributed by atoms with Gasteiger partial charge in [0.15, 0.2) is 0 Å². The van der Waals surface area contributed by atoms with Gasteiger partial charge in [-0.25, -0.2) is 4.39 Å². The molecule has 0 aliphatic carbocycles. The van der Waals surface area contributed by atoms with Gasteiger partial charge in [-0.2, -0.15) is 0 Å². The van der Waals surface area contributed by atoms with Gasteiger partial charge in [0.05, 0.1) is 15.5 Å². The van der Waals surface area contributed by atoms with E-state index >= 15 is 0 Å². The van der Waals surface area contributed by atoms with E-state index in [1.807, 2.05) is 0 Å². The first-order chi connectivity index (χ1) is 6.06. The maximum absolute atomic E-state index is 13.0. The molecule has 0 spiro atoms. The molecule has 0 aliphatic rings. The second kappa shape index (κ2) is 3.68. The summed E-state index contributed by atoms with van der Waals surface area (Å²) in [6.07, 6.45) is 0. The van der Waals surface area contributed by atoms with Crippen LogP contribution in [0.3, 0.4) is 0 Å². The van der Waals surface area contributed by atoms with Crippen molar-refractivity contribution in [3.63, 3.8) is 0 Å². The molecule has 1 aromatic rings. The van der Waals surface area contributed by atoms with Gasteiger partial charge in [-0.3, -0.25) is 10.1 Å². The monoisotopic (exact) mass is 204 g/mol. The van der Waals surface area contributed by atoms with Crippen molar-refractivity contribution in [2.75, 3.05) is 0 Å². The number of hydrogen-bond donors (Lipinski definition) is 1. The molecule has 6 heteroatoms. The third-order valence-electron chi connectivity index (χ3n) is 1.54. The summed E-state index contributed by atoms with van der Waals surface area (Å²) < 4.78 is 13.0. The molecule has 1 rings (SSSR count). The first-order valence-electron chi connectivity index (χ1n) is 3.38. The van der Waals surface area contributed by atoms with Gasteiger partial charge in [-0.05, 0) is 6.07 Å². The van der Waals surface area contributed by atoms with Crippen LogP contribution >= 0.6 is 11.6 Å². The molecule has 70 valence electrons. The molecule has 13 heavy (non-hydrogen) atoms. The Labute approximate surface area is 78.3 Å². The topological polar surface area (TPSA) is 69.2 Å². The zero-order valence-electron chi connectivity index (χ0n) is 6.46. The largest absolute Gasteiger partial charge is 0.326 e. The Kier molecular flexibility index (Phi) is 2.79. The molecule has 0 atom stereocenters. The summed E-state index contributed by atoms with van der Waals surface area (Å²) >= 11 is 5.44. The molecule has 1 aromatic carbocycles. The molecular weight excluding hydrogens is 199 g/mol. The molecule has 0 saturated carbocycles. The van der Waals surface area contributed by atoms with E-state index in [1.54, 1.807) is 0 Å². The zero-order valence-corrected chi connectivity index (χ0v) is 7.21. The Bertz CT molecular complexity index is 357. The number of halogens is 2. The molecule has 0 aromatic heterocycles. The van der Waals surface area contributed by atoms with Crippen LogP contribution < -0.4 is 5.73 Å². The number of nitrogens with zero attached hydrogens (tertiary/aromatic N) is 1. The van der Waals surface area contributed by atoms with Gasteiger partial charge in [-0.15, -0.1) is 0 Å². The van der Waals surface area contributed by atoms with Crippen LogP contribution in [0.2, 0.25) is 5.02 Å². The van der Waals surface area contributed by atoms with E-state index in [0.717, 1.165) is 12.1 Å². The zero-order chi connectivity index (χ0) is 10.0. The number of nitro benzene ring substituents is 1. The Morgan fingerprint density at radius 1 is 1.62 bits per heavy atom. The van der Waals surface area contributed by atoms with E-state index < -0.39 is 10.7 Å². The average molecular weight is 205 g/mol. The van der Waals surface area contributed by atoms with Gasteiger partial charge in [0.25, 0.3) is 5.69 Å². The minimum Gasteiger partial charge on any atom is -0.326 e. The van der Waals surface area contributed by atoms with Crippen molar-refractivity contribution in [3.05, 3.63) is 38.7 Å². The molecule has 0 unspecified atom stereocenters. The fraction of sp³-hybridized carbons (Fsp3) is 0.143. The van der Waals surface area contributed by atoms with Crippen LogP contribution in [-0.4, -0.2) is 4.92 Å². The van der Waals surface area contributed by atoms with Crippen molar-refractivity contribution < 1.29 is 9.31 Å². The summed E-state index contributed by atoms with van der Waals surface area (Å²) in [4.78, 5) is 9.70. The SMILES string of the molecule is NCc1c(F)cc(Cl)cc1[N+](=O)[O-]. The number of nitro groups is 1. The van der Waals surface area contributed by atoms with E-state index in [1.165, 1.54) is 0 Å². The molecule has 0 radical (unpaired) electrons. The summed E-state index contributed by atoms with van der Waals surface area (Å²) in [5.74, 6) is -0.748. The Balaban J connectivity index is 3.38. The quantitative estimate of drug-likeness (QED) is 0.590. The van der Waals surface area contributed by atoms with Crippen LogP contribution in [-0.2, 0) is 6.54 Å². The minimum absolute atomic E-state index is 0.0126. The fourth-order valence-electron chi connectivity index (χ4n) is 0.955. The summed E-state index contributed by atoms with van der Waals surface area (Å²) in [5, 5.41) is 10.4. The predicted molar refractivity (Wildman–Crippen MR) is 46.0 cm³/mol. The lowest BCUT2D eigenvalue weighted by Crippen LogP contribution is -2.04. The van der Waals surface area contributed by atoms with E-state index in [0.29, 0.717) is 0 Å². The normalized spacial score (nSPS) is 10.1. The van der Waals surface area contributed by atoms with Crippen molar-refractivity contribution in [1.82, 2.24) is 0 Å². The van der Waals surface area contributed by atoms with Gasteiger partial charge >= 0.3 is 0 Å². The lowest BCUT2D eigenvalue weighted by molar-refractivity contribution is -0.385. The lowest BCUT2D eigenvalue weighted by Gasteiger charge is -2.01. The molecule has 0 bridgehead atoms. The van der Waals surface area contributed by atoms with E-state index in [-0.39, 0.29) is 22.8 Å². The van der Waals surface area contributed by atoms with Crippen LogP contribution in [0.15, 0.2) is 12.1 Å². The second-order valence-electron chi connectivity index (χ2n) is 2.35. The van der Waals surface area contributed by atoms with Crippen LogP contribution in [0.5, 0.6) is 0 Å². The van der Waals surface area contributed by atoms with Crippen LogP contribution in [0.1, 0.15) is 5.56 Å². The maximum Gasteiger partial charge on any atom is 0.278 e. The summed E-state index contributed by atoms with van der Waals surface area (Å²) in [6.45, 7) is -0.223. The molecular formula is C7H6ClFN2O2. The Morgan fingerprint density at radius 2 is 2.23 bits per heavy atom. The van der Waals surface area contributed by atoms with Gasteiger partial charge in [-0.1, -0.05) is 11.6 Å². The number of rotatable bonds is 2. The molecule has 4 nitrogen and oxygen atoms in total. The van der Waals surface area contributed by atoms with E-state index in [9.17, 15) is 14.5 Å². The van der Waals surface area contributed by atoms with Crippen molar-refractivity contribution in [2.24, 2.45) is 5.73 Å². The predicted octanol–water partition coefficient (Wildman–Crippen LogP) is 1.85. The molecule has 0 amide bonds. The summed E-state index contributed by atoms with van der Waals surface area (Å²) in [6, 6.07) is 2.07. The highest BCUT2D eigenvalue weighted by Crippen LogP contribution is 2.25. The summed E-state index contributed by atoms with van der Waals surface area (Å²) in [7, 11) is 0. The molecule has 0 heterocycles. The lowest BCUT2D eigenvalue weighted by atomic mass is 10.1. The Hall–Kier alpha value is -1.20. The minimum atomic E-state index is -0.748. The third kappa shape index (κ3) is 1.93. The highest BCUT2D eigenvalue weighted by atomic mass is 35.5. The first kappa shape index (κ1) is 9.88. The van der Waals surface area contributed by atoms with Crippen molar-refractivity contribution in [3.8, 4) is 0 Å². The van der Waals surface area contributed by atoms with Crippen molar-refractivity contribution in [2.45, 2.75) is 6.54 Å². The highest BCUT2D eigenvalue weighted by molar-refractivity contribution is 6.30. The van der Waals surface area contributed by atoms with E-state index in [2.05, 4.69) is 0 Å². The maximum atomic E-state index is 13.0. The highest BCUT2D eigenvalue weighted by Gasteiger charge is 2.17. The number of hydrogen-bond acceptors (Lipinski definition) is 3. The number of benzene rings is 1. The van der Waals surface area contributed by atoms with Crippen LogP contribution in [0.25, 0.3) is 0 Å². The van der Waals surface area contributed by atoms with E-state index in [4.69, 9.17) is 17.3 Å². The average Bonchev–Trinajstić information content (AvgIpc) is 2.02. The third-order valence-corrected chi connectivity index (χ3v) is 1.76. The van der Waals surface area contributed by atoms with Crippen LogP contribution in [0.4, 0.5) is 10.1 Å². The van der Waals surface area contributed by atoms with Gasteiger partial charge < -0.3 is 5.73 Å². The van der Waals surface area contributed by atoms with Gasteiger partial charge in [0, 0.05) is 12.6 Å². The fourth-order valence-corrected chi connectivity index (χ4v) is 1.15. The second-order valence-corrected chi connectivity index (χ2v) is 2.78. The molecule has 0 fully saturated rings. The first-order valence-corrected chi connectivity index (χ1v) is 3.76. The molecule has 0 aliphatic heterocycles. The smallest absolute Gasteiger partial charge is 0.278 e. The van der Waals surface area contributed by atoms with Gasteiger partial charge in [0.1, 0.15) is 5.82 Å². The molecule has 2 N–H and O–H groups in total. The molecule has 0 saturated heterocycles. The summed E-state index contributed by atoms with van der Waals surface area (Å²) in [5.41, 5.74) is 4.64. The van der Waals surface area contributed by atoms with Crippen molar-refractivity contribution >= 4 is 17.3 Å². The van der Waals surface area contributed by atoms with Gasteiger partial charge in [0.2, 0.25) is 0 Å². The number of nitrogens with two attached hydrogens (primary N) is 1. The standard InChI is InChI=1S/C7H6ClFN2O2/c8-4-1-6(9)5(3-10)7(2-4)11(12)13/h1-2H,3,10H2. The van der Waals surface area contributed by atoms with Crippen molar-refractivity contribution in [1.29, 1.82) is 0 Å². The van der Waals surface area contributed by atoms with Crippen LogP contribution in [0, 0.1) is 15.9 Å². The Morgan fingerprint density at radius 3 is 2.69 bits per heavy atom.